The average Bonchev–Trinajstić information content (AvgIpc) is 3.34. The molecule has 0 saturated heterocycles. The van der Waals surface area contributed by atoms with Crippen molar-refractivity contribution in [2.45, 2.75) is 13.0 Å². The largest absolute Gasteiger partial charge is 0.398 e. The van der Waals surface area contributed by atoms with E-state index in [2.05, 4.69) is 70.3 Å². The van der Waals surface area contributed by atoms with E-state index in [1.54, 1.807) is 11.3 Å². The molecule has 2 N–H and O–H groups in total. The van der Waals surface area contributed by atoms with Crippen molar-refractivity contribution in [1.82, 2.24) is 4.98 Å². The standard InChI is InChI=1S/C22H19N3S.ClH/c23-21-18-8-10-25(13-15-4-2-1-3-5-15)22(18)24-20-7-6-16(12-19(20)21)17-9-11-26-14-17;/h1-7,9,11-12,14H,8,10,13H2,(H2,23,24);1H. The number of rotatable bonds is 3. The van der Waals surface area contributed by atoms with Crippen LogP contribution in [0.15, 0.2) is 65.4 Å². The van der Waals surface area contributed by atoms with Crippen LogP contribution in [0.1, 0.15) is 11.1 Å². The van der Waals surface area contributed by atoms with E-state index in [9.17, 15) is 0 Å². The molecule has 136 valence electrons. The van der Waals surface area contributed by atoms with Gasteiger partial charge in [-0.3, -0.25) is 0 Å². The minimum absolute atomic E-state index is 0. The molecule has 3 heterocycles. The van der Waals surface area contributed by atoms with Gasteiger partial charge in [0.2, 0.25) is 0 Å². The predicted octanol–water partition coefficient (Wildman–Crippen LogP) is 5.53. The number of nitrogens with zero attached hydrogens (tertiary/aromatic N) is 2. The zero-order chi connectivity index (χ0) is 17.5. The van der Waals surface area contributed by atoms with Gasteiger partial charge in [-0.25, -0.2) is 4.98 Å². The Morgan fingerprint density at radius 3 is 2.67 bits per heavy atom. The maximum atomic E-state index is 6.58. The summed E-state index contributed by atoms with van der Waals surface area (Å²) in [5.41, 5.74) is 13.4. The van der Waals surface area contributed by atoms with Gasteiger partial charge in [0.1, 0.15) is 5.82 Å². The molecule has 3 nitrogen and oxygen atoms in total. The summed E-state index contributed by atoms with van der Waals surface area (Å²) in [6.07, 6.45) is 0.958. The molecule has 1 aliphatic rings. The van der Waals surface area contributed by atoms with Crippen LogP contribution in [0.3, 0.4) is 0 Å². The van der Waals surface area contributed by atoms with Crippen LogP contribution in [0.25, 0.3) is 22.0 Å². The van der Waals surface area contributed by atoms with Gasteiger partial charge in [0, 0.05) is 29.7 Å². The van der Waals surface area contributed by atoms with E-state index in [0.717, 1.165) is 41.9 Å². The molecular formula is C22H20ClN3S. The number of nitrogen functional groups attached to an aromatic ring is 1. The van der Waals surface area contributed by atoms with Gasteiger partial charge in [0.25, 0.3) is 0 Å². The van der Waals surface area contributed by atoms with Gasteiger partial charge in [-0.2, -0.15) is 11.3 Å². The van der Waals surface area contributed by atoms with E-state index in [0.29, 0.717) is 0 Å². The summed E-state index contributed by atoms with van der Waals surface area (Å²) in [7, 11) is 0. The molecule has 0 saturated carbocycles. The van der Waals surface area contributed by atoms with Crippen LogP contribution in [-0.4, -0.2) is 11.5 Å². The molecule has 2 aromatic heterocycles. The highest BCUT2D eigenvalue weighted by Gasteiger charge is 2.24. The normalized spacial score (nSPS) is 12.8. The fraction of sp³-hybridized carbons (Fsp3) is 0.136. The number of fused-ring (bicyclic) bond motifs is 2. The van der Waals surface area contributed by atoms with Gasteiger partial charge in [0.15, 0.2) is 0 Å². The average molecular weight is 394 g/mol. The summed E-state index contributed by atoms with van der Waals surface area (Å²) in [6.45, 7) is 1.84. The Bertz CT molecular complexity index is 1080. The van der Waals surface area contributed by atoms with Crippen molar-refractivity contribution >= 4 is 46.2 Å². The predicted molar refractivity (Wildman–Crippen MR) is 118 cm³/mol. The van der Waals surface area contributed by atoms with Gasteiger partial charge in [0.05, 0.1) is 5.52 Å². The lowest BCUT2D eigenvalue weighted by atomic mass is 10.0. The van der Waals surface area contributed by atoms with Gasteiger partial charge < -0.3 is 10.6 Å². The van der Waals surface area contributed by atoms with Crippen molar-refractivity contribution in [1.29, 1.82) is 0 Å². The lowest BCUT2D eigenvalue weighted by Crippen LogP contribution is -2.20. The molecular weight excluding hydrogens is 374 g/mol. The molecule has 0 radical (unpaired) electrons. The van der Waals surface area contributed by atoms with E-state index < -0.39 is 0 Å². The number of benzene rings is 2. The van der Waals surface area contributed by atoms with Crippen LogP contribution in [0.2, 0.25) is 0 Å². The Balaban J connectivity index is 0.00000180. The maximum Gasteiger partial charge on any atom is 0.134 e. The first-order valence-corrected chi connectivity index (χ1v) is 9.77. The van der Waals surface area contributed by atoms with E-state index in [1.165, 1.54) is 22.3 Å². The van der Waals surface area contributed by atoms with Crippen molar-refractivity contribution in [3.05, 3.63) is 76.5 Å². The SMILES string of the molecule is Cl.Nc1c2c(nc3ccc(-c4ccsc4)cc13)N(Cc1ccccc1)CC2. The number of halogens is 1. The number of thiophene rings is 1. The second kappa shape index (κ2) is 7.22. The Kier molecular flexibility index (Phi) is 4.77. The molecule has 0 amide bonds. The molecule has 0 unspecified atom stereocenters. The Hall–Kier alpha value is -2.56. The zero-order valence-electron chi connectivity index (χ0n) is 14.8. The first-order chi connectivity index (χ1) is 12.8. The van der Waals surface area contributed by atoms with Crippen LogP contribution in [-0.2, 0) is 13.0 Å². The number of hydrogen-bond donors (Lipinski definition) is 1. The number of nitrogens with two attached hydrogens (primary N) is 1. The van der Waals surface area contributed by atoms with Crippen molar-refractivity contribution in [2.24, 2.45) is 0 Å². The first kappa shape index (κ1) is 17.8. The second-order valence-corrected chi connectivity index (χ2v) is 7.51. The number of anilines is 2. The highest BCUT2D eigenvalue weighted by molar-refractivity contribution is 7.08. The fourth-order valence-electron chi connectivity index (χ4n) is 3.74. The zero-order valence-corrected chi connectivity index (χ0v) is 16.4. The van der Waals surface area contributed by atoms with Gasteiger partial charge in [-0.1, -0.05) is 36.4 Å². The third-order valence-corrected chi connectivity index (χ3v) is 5.79. The maximum absolute atomic E-state index is 6.58. The molecule has 0 aliphatic carbocycles. The Morgan fingerprint density at radius 1 is 1.04 bits per heavy atom. The monoisotopic (exact) mass is 393 g/mol. The summed E-state index contributed by atoms with van der Waals surface area (Å²) in [5.74, 6) is 1.04. The molecule has 0 spiro atoms. The third-order valence-electron chi connectivity index (χ3n) is 5.11. The van der Waals surface area contributed by atoms with Crippen LogP contribution >= 0.6 is 23.7 Å². The molecule has 0 atom stereocenters. The summed E-state index contributed by atoms with van der Waals surface area (Å²) in [4.78, 5) is 7.31. The number of aromatic nitrogens is 1. The van der Waals surface area contributed by atoms with Crippen LogP contribution in [0.5, 0.6) is 0 Å². The molecule has 1 aliphatic heterocycles. The molecule has 5 rings (SSSR count). The van der Waals surface area contributed by atoms with Crippen LogP contribution in [0, 0.1) is 0 Å². The quantitative estimate of drug-likeness (QED) is 0.497. The minimum Gasteiger partial charge on any atom is -0.398 e. The second-order valence-electron chi connectivity index (χ2n) is 6.73. The molecule has 4 aromatic rings. The highest BCUT2D eigenvalue weighted by atomic mass is 35.5. The summed E-state index contributed by atoms with van der Waals surface area (Å²) in [6, 6.07) is 19.1. The molecule has 2 aromatic carbocycles. The van der Waals surface area contributed by atoms with Gasteiger partial charge >= 0.3 is 0 Å². The van der Waals surface area contributed by atoms with E-state index >= 15 is 0 Å². The summed E-state index contributed by atoms with van der Waals surface area (Å²) < 4.78 is 0. The molecule has 0 fully saturated rings. The molecule has 0 bridgehead atoms. The Morgan fingerprint density at radius 2 is 1.89 bits per heavy atom. The lowest BCUT2D eigenvalue weighted by molar-refractivity contribution is 0.827. The van der Waals surface area contributed by atoms with E-state index in [1.807, 2.05) is 0 Å². The van der Waals surface area contributed by atoms with Crippen molar-refractivity contribution < 1.29 is 0 Å². The number of pyridine rings is 1. The summed E-state index contributed by atoms with van der Waals surface area (Å²) >= 11 is 1.71. The molecule has 27 heavy (non-hydrogen) atoms. The van der Waals surface area contributed by atoms with E-state index in [4.69, 9.17) is 10.7 Å². The Labute approximate surface area is 168 Å². The van der Waals surface area contributed by atoms with Crippen molar-refractivity contribution in [3.8, 4) is 11.1 Å². The third kappa shape index (κ3) is 3.15. The smallest absolute Gasteiger partial charge is 0.134 e. The highest BCUT2D eigenvalue weighted by Crippen LogP contribution is 2.37. The minimum atomic E-state index is 0. The molecule has 5 heteroatoms. The van der Waals surface area contributed by atoms with Crippen LogP contribution in [0.4, 0.5) is 11.5 Å². The van der Waals surface area contributed by atoms with Crippen LogP contribution < -0.4 is 10.6 Å². The van der Waals surface area contributed by atoms with Gasteiger partial charge in [-0.15, -0.1) is 12.4 Å². The van der Waals surface area contributed by atoms with E-state index in [-0.39, 0.29) is 12.4 Å². The van der Waals surface area contributed by atoms with Crippen molar-refractivity contribution in [2.75, 3.05) is 17.2 Å². The van der Waals surface area contributed by atoms with Crippen molar-refractivity contribution in [3.63, 3.8) is 0 Å². The van der Waals surface area contributed by atoms with Gasteiger partial charge in [-0.05, 0) is 52.1 Å². The lowest BCUT2D eigenvalue weighted by Gasteiger charge is -2.19. The fourth-order valence-corrected chi connectivity index (χ4v) is 4.41. The summed E-state index contributed by atoms with van der Waals surface area (Å²) in [5, 5.41) is 5.33. The topological polar surface area (TPSA) is 42.1 Å². The number of hydrogen-bond acceptors (Lipinski definition) is 4. The first-order valence-electron chi connectivity index (χ1n) is 8.83.